The highest BCUT2D eigenvalue weighted by Gasteiger charge is 2.15. The molecule has 0 fully saturated rings. The van der Waals surface area contributed by atoms with Gasteiger partial charge in [0.1, 0.15) is 28.2 Å². The van der Waals surface area contributed by atoms with Crippen LogP contribution < -0.4 is 5.63 Å². The fourth-order valence-electron chi connectivity index (χ4n) is 3.41. The van der Waals surface area contributed by atoms with Crippen molar-refractivity contribution in [3.8, 4) is 28.7 Å². The lowest BCUT2D eigenvalue weighted by atomic mass is 10.1. The molecular weight excluding hydrogens is 490 g/mol. The zero-order valence-corrected chi connectivity index (χ0v) is 19.2. The van der Waals surface area contributed by atoms with Crippen LogP contribution in [0, 0.1) is 21.4 Å². The summed E-state index contributed by atoms with van der Waals surface area (Å²) < 4.78 is 11.2. The van der Waals surface area contributed by atoms with E-state index in [-0.39, 0.29) is 16.8 Å². The molecule has 3 aromatic heterocycles. The van der Waals surface area contributed by atoms with Crippen molar-refractivity contribution < 1.29 is 13.8 Å². The molecule has 35 heavy (non-hydrogen) atoms. The van der Waals surface area contributed by atoms with Crippen LogP contribution in [0.5, 0.6) is 0 Å². The summed E-state index contributed by atoms with van der Waals surface area (Å²) in [5.41, 5.74) is 1.41. The second kappa shape index (κ2) is 9.02. The maximum Gasteiger partial charge on any atom is 0.345 e. The molecule has 0 saturated carbocycles. The topological polar surface area (TPSA) is 123 Å². The summed E-state index contributed by atoms with van der Waals surface area (Å²) in [7, 11) is 0. The van der Waals surface area contributed by atoms with Gasteiger partial charge in [-0.15, -0.1) is 11.3 Å². The fraction of sp³-hybridized carbons (Fsp3) is 0. The van der Waals surface area contributed by atoms with E-state index < -0.39 is 10.5 Å². The molecule has 0 N–H and O–H groups in total. The quantitative estimate of drug-likeness (QED) is 0.112. The van der Waals surface area contributed by atoms with Crippen LogP contribution in [0.25, 0.3) is 45.2 Å². The molecule has 5 rings (SSSR count). The lowest BCUT2D eigenvalue weighted by Gasteiger charge is -2.00. The van der Waals surface area contributed by atoms with Gasteiger partial charge in [-0.2, -0.15) is 5.26 Å². The monoisotopic (exact) mass is 501 g/mol. The maximum absolute atomic E-state index is 12.5. The average molecular weight is 502 g/mol. The zero-order valence-electron chi connectivity index (χ0n) is 17.6. The second-order valence-corrected chi connectivity index (χ2v) is 8.64. The van der Waals surface area contributed by atoms with Gasteiger partial charge in [0.2, 0.25) is 0 Å². The Morgan fingerprint density at radius 1 is 1.11 bits per heavy atom. The van der Waals surface area contributed by atoms with Crippen molar-refractivity contribution in [1.29, 1.82) is 5.26 Å². The smallest absolute Gasteiger partial charge is 0.345 e. The van der Waals surface area contributed by atoms with Crippen LogP contribution >= 0.6 is 22.9 Å². The van der Waals surface area contributed by atoms with Gasteiger partial charge < -0.3 is 8.83 Å². The molecule has 0 aliphatic carbocycles. The zero-order chi connectivity index (χ0) is 24.5. The molecule has 0 atom stereocenters. The summed E-state index contributed by atoms with van der Waals surface area (Å²) in [6, 6.07) is 18.1. The third kappa shape index (κ3) is 4.48. The van der Waals surface area contributed by atoms with Gasteiger partial charge in [-0.3, -0.25) is 10.1 Å². The molecule has 0 radical (unpaired) electrons. The molecule has 0 bridgehead atoms. The first-order valence-electron chi connectivity index (χ1n) is 10.1. The predicted octanol–water partition coefficient (Wildman–Crippen LogP) is 6.80. The molecule has 10 heteroatoms. The van der Waals surface area contributed by atoms with Crippen molar-refractivity contribution in [3.63, 3.8) is 0 Å². The van der Waals surface area contributed by atoms with Crippen molar-refractivity contribution in [2.45, 2.75) is 0 Å². The molecule has 0 aliphatic heterocycles. The summed E-state index contributed by atoms with van der Waals surface area (Å²) in [6.45, 7) is 0. The number of thiazole rings is 1. The van der Waals surface area contributed by atoms with Crippen LogP contribution in [0.1, 0.15) is 10.8 Å². The highest BCUT2D eigenvalue weighted by atomic mass is 35.5. The molecule has 0 amide bonds. The highest BCUT2D eigenvalue weighted by Crippen LogP contribution is 2.30. The molecule has 5 aromatic rings. The second-order valence-electron chi connectivity index (χ2n) is 7.34. The Balaban J connectivity index is 1.45. The van der Waals surface area contributed by atoms with E-state index in [9.17, 15) is 20.2 Å². The Kier molecular flexibility index (Phi) is 5.74. The average Bonchev–Trinajstić information content (AvgIpc) is 3.52. The summed E-state index contributed by atoms with van der Waals surface area (Å²) >= 11 is 7.25. The molecule has 0 spiro atoms. The van der Waals surface area contributed by atoms with E-state index in [1.807, 2.05) is 0 Å². The van der Waals surface area contributed by atoms with Crippen molar-refractivity contribution in [2.75, 3.05) is 0 Å². The van der Waals surface area contributed by atoms with Crippen LogP contribution in [0.4, 0.5) is 5.69 Å². The van der Waals surface area contributed by atoms with E-state index in [0.717, 1.165) is 0 Å². The highest BCUT2D eigenvalue weighted by molar-refractivity contribution is 7.11. The predicted molar refractivity (Wildman–Crippen MR) is 133 cm³/mol. The molecule has 3 heterocycles. The van der Waals surface area contributed by atoms with Gasteiger partial charge >= 0.3 is 5.63 Å². The number of allylic oxidation sites excluding steroid dienone is 1. The van der Waals surface area contributed by atoms with E-state index >= 15 is 0 Å². The number of aromatic nitrogens is 1. The van der Waals surface area contributed by atoms with Gasteiger partial charge in [0.05, 0.1) is 21.8 Å². The minimum atomic E-state index is -0.544. The summed E-state index contributed by atoms with van der Waals surface area (Å²) in [5.74, 6) is 0.905. The summed E-state index contributed by atoms with van der Waals surface area (Å²) in [4.78, 5) is 27.3. The number of nitrogens with zero attached hydrogens (tertiary/aromatic N) is 3. The van der Waals surface area contributed by atoms with E-state index in [0.29, 0.717) is 43.8 Å². The number of halogens is 1. The molecule has 0 unspecified atom stereocenters. The summed E-state index contributed by atoms with van der Waals surface area (Å²) in [5, 5.41) is 23.8. The standard InChI is InChI=1S/C25H12ClN3O5S/c26-17-3-7-23-15(9-17)11-20(25(30)34-23)21-13-35-24(28-21)16(12-27)10-19-6-8-22(33-19)14-1-4-18(5-2-14)29(31)32/h1-11,13H. The molecule has 170 valence electrons. The van der Waals surface area contributed by atoms with E-state index in [1.165, 1.54) is 23.5 Å². The van der Waals surface area contributed by atoms with Gasteiger partial charge in [-0.25, -0.2) is 9.78 Å². The van der Waals surface area contributed by atoms with E-state index in [2.05, 4.69) is 11.1 Å². The van der Waals surface area contributed by atoms with Crippen LogP contribution in [0.15, 0.2) is 79.7 Å². The third-order valence-electron chi connectivity index (χ3n) is 5.10. The summed E-state index contributed by atoms with van der Waals surface area (Å²) in [6.07, 6.45) is 1.54. The Morgan fingerprint density at radius 2 is 1.91 bits per heavy atom. The van der Waals surface area contributed by atoms with Gasteiger partial charge in [-0.05, 0) is 48.5 Å². The Morgan fingerprint density at radius 3 is 2.66 bits per heavy atom. The van der Waals surface area contributed by atoms with Gasteiger partial charge in [0.25, 0.3) is 5.69 Å². The minimum Gasteiger partial charge on any atom is -0.457 e. The number of fused-ring (bicyclic) bond motifs is 1. The van der Waals surface area contributed by atoms with Gasteiger partial charge in [-0.1, -0.05) is 11.6 Å². The van der Waals surface area contributed by atoms with Gasteiger partial charge in [0.15, 0.2) is 0 Å². The lowest BCUT2D eigenvalue weighted by Crippen LogP contribution is -2.02. The number of nitro groups is 1. The number of furan rings is 1. The van der Waals surface area contributed by atoms with E-state index in [1.54, 1.807) is 60.0 Å². The first-order valence-corrected chi connectivity index (χ1v) is 11.3. The lowest BCUT2D eigenvalue weighted by molar-refractivity contribution is -0.384. The number of hydrogen-bond acceptors (Lipinski definition) is 8. The SMILES string of the molecule is N#CC(=Cc1ccc(-c2ccc([N+](=O)[O-])cc2)o1)c1nc(-c2cc3cc(Cl)ccc3oc2=O)cs1. The molecule has 2 aromatic carbocycles. The molecule has 8 nitrogen and oxygen atoms in total. The Bertz CT molecular complexity index is 1720. The van der Waals surface area contributed by atoms with Crippen molar-refractivity contribution in [3.05, 3.63) is 102 Å². The van der Waals surface area contributed by atoms with Crippen LogP contribution in [0.2, 0.25) is 5.02 Å². The van der Waals surface area contributed by atoms with Crippen molar-refractivity contribution in [2.24, 2.45) is 0 Å². The van der Waals surface area contributed by atoms with Crippen LogP contribution in [-0.4, -0.2) is 9.91 Å². The number of nitriles is 1. The molecule has 0 aliphatic rings. The normalized spacial score (nSPS) is 11.5. The van der Waals surface area contributed by atoms with Gasteiger partial charge in [0, 0.05) is 39.6 Å². The molecular formula is C25H12ClN3O5S. The third-order valence-corrected chi connectivity index (χ3v) is 6.21. The molecule has 0 saturated heterocycles. The first kappa shape index (κ1) is 22.3. The number of hydrogen-bond donors (Lipinski definition) is 0. The van der Waals surface area contributed by atoms with Crippen molar-refractivity contribution in [1.82, 2.24) is 4.98 Å². The number of nitro benzene ring substituents is 1. The fourth-order valence-corrected chi connectivity index (χ4v) is 4.38. The Hall–Kier alpha value is -4.52. The number of rotatable bonds is 5. The number of non-ortho nitro benzene ring substituents is 1. The maximum atomic E-state index is 12.5. The largest absolute Gasteiger partial charge is 0.457 e. The number of benzene rings is 2. The van der Waals surface area contributed by atoms with E-state index in [4.69, 9.17) is 20.4 Å². The van der Waals surface area contributed by atoms with Crippen molar-refractivity contribution >= 4 is 51.2 Å². The van der Waals surface area contributed by atoms with Crippen LogP contribution in [-0.2, 0) is 0 Å². The first-order chi connectivity index (χ1) is 16.9. The van der Waals surface area contributed by atoms with Crippen LogP contribution in [0.3, 0.4) is 0 Å². The minimum absolute atomic E-state index is 0.0182. The Labute approximate surface area is 206 Å².